The highest BCUT2D eigenvalue weighted by atomic mass is 32.1. The van der Waals surface area contributed by atoms with Crippen LogP contribution < -0.4 is 10.9 Å². The molecule has 1 fully saturated rings. The minimum Gasteiger partial charge on any atom is -0.378 e. The summed E-state index contributed by atoms with van der Waals surface area (Å²) in [6, 6.07) is 8.98. The number of carbonyl (C=O) groups excluding carboxylic acids is 1. The summed E-state index contributed by atoms with van der Waals surface area (Å²) in [7, 11) is 0. The molecule has 1 aliphatic rings. The van der Waals surface area contributed by atoms with Crippen LogP contribution in [0.4, 0.5) is 0 Å². The van der Waals surface area contributed by atoms with E-state index in [1.807, 2.05) is 23.1 Å². The first kappa shape index (κ1) is 12.8. The molecule has 0 aromatic heterocycles. The Kier molecular flexibility index (Phi) is 4.49. The Hall–Kier alpha value is -1.66. The quantitative estimate of drug-likeness (QED) is 0.573. The molecule has 96 valence electrons. The van der Waals surface area contributed by atoms with Gasteiger partial charge in [0.15, 0.2) is 5.11 Å². The molecule has 0 atom stereocenters. The van der Waals surface area contributed by atoms with Crippen molar-refractivity contribution in [1.82, 2.24) is 15.8 Å². The fourth-order valence-corrected chi connectivity index (χ4v) is 1.85. The highest BCUT2D eigenvalue weighted by Gasteiger charge is 2.14. The standard InChI is InChI=1S/C12H15N3O2S/c16-11(10-4-2-1-3-5-10)13-14-12(18)15-6-8-17-9-7-15/h1-5H,6-9H2,(H,13,16)(H,14,18). The van der Waals surface area contributed by atoms with Crippen LogP contribution >= 0.6 is 12.2 Å². The van der Waals surface area contributed by atoms with Crippen molar-refractivity contribution in [3.05, 3.63) is 35.9 Å². The molecule has 5 nitrogen and oxygen atoms in total. The van der Waals surface area contributed by atoms with E-state index >= 15 is 0 Å². The van der Waals surface area contributed by atoms with Gasteiger partial charge in [-0.1, -0.05) is 18.2 Å². The molecule has 1 amide bonds. The number of hydrogen-bond donors (Lipinski definition) is 2. The number of nitrogens with one attached hydrogen (secondary N) is 2. The van der Waals surface area contributed by atoms with Gasteiger partial charge in [0.1, 0.15) is 0 Å². The first-order chi connectivity index (χ1) is 8.77. The maximum Gasteiger partial charge on any atom is 0.269 e. The maximum absolute atomic E-state index is 11.8. The van der Waals surface area contributed by atoms with Crippen molar-refractivity contribution in [2.75, 3.05) is 26.3 Å². The van der Waals surface area contributed by atoms with Crippen LogP contribution in [-0.2, 0) is 4.74 Å². The van der Waals surface area contributed by atoms with Crippen molar-refractivity contribution in [3.8, 4) is 0 Å². The largest absolute Gasteiger partial charge is 0.378 e. The average molecular weight is 265 g/mol. The minimum absolute atomic E-state index is 0.203. The van der Waals surface area contributed by atoms with E-state index in [9.17, 15) is 4.79 Å². The number of carbonyl (C=O) groups is 1. The van der Waals surface area contributed by atoms with Crippen molar-refractivity contribution in [2.24, 2.45) is 0 Å². The molecule has 1 aromatic rings. The molecular formula is C12H15N3O2S. The third kappa shape index (κ3) is 3.41. The zero-order valence-electron chi connectivity index (χ0n) is 9.89. The topological polar surface area (TPSA) is 53.6 Å². The van der Waals surface area contributed by atoms with Crippen molar-refractivity contribution in [2.45, 2.75) is 0 Å². The number of amides is 1. The SMILES string of the molecule is O=C(NNC(=S)N1CCOCC1)c1ccccc1. The fourth-order valence-electron chi connectivity index (χ4n) is 1.62. The summed E-state index contributed by atoms with van der Waals surface area (Å²) < 4.78 is 5.23. The van der Waals surface area contributed by atoms with E-state index in [0.717, 1.165) is 13.1 Å². The second-order valence-electron chi connectivity index (χ2n) is 3.85. The second kappa shape index (κ2) is 6.32. The molecule has 18 heavy (non-hydrogen) atoms. The lowest BCUT2D eigenvalue weighted by molar-refractivity contribution is 0.0670. The van der Waals surface area contributed by atoms with E-state index in [1.54, 1.807) is 12.1 Å². The molecule has 2 N–H and O–H groups in total. The molecule has 1 aromatic carbocycles. The third-order valence-corrected chi connectivity index (χ3v) is 2.98. The molecule has 1 saturated heterocycles. The molecule has 0 bridgehead atoms. The molecule has 0 spiro atoms. The first-order valence-electron chi connectivity index (χ1n) is 5.75. The first-order valence-corrected chi connectivity index (χ1v) is 6.16. The van der Waals surface area contributed by atoms with Crippen LogP contribution in [0, 0.1) is 0 Å². The summed E-state index contributed by atoms with van der Waals surface area (Å²) >= 11 is 5.19. The third-order valence-electron chi connectivity index (χ3n) is 2.62. The summed E-state index contributed by atoms with van der Waals surface area (Å²) in [6.07, 6.45) is 0. The van der Waals surface area contributed by atoms with Crippen LogP contribution in [0.5, 0.6) is 0 Å². The van der Waals surface area contributed by atoms with E-state index in [-0.39, 0.29) is 5.91 Å². The van der Waals surface area contributed by atoms with E-state index in [0.29, 0.717) is 23.9 Å². The Morgan fingerprint density at radius 2 is 1.83 bits per heavy atom. The predicted octanol–water partition coefficient (Wildman–Crippen LogP) is 0.538. The number of morpholine rings is 1. The van der Waals surface area contributed by atoms with E-state index in [2.05, 4.69) is 10.9 Å². The van der Waals surface area contributed by atoms with Crippen molar-refractivity contribution < 1.29 is 9.53 Å². The second-order valence-corrected chi connectivity index (χ2v) is 4.24. The fraction of sp³-hybridized carbons (Fsp3) is 0.333. The molecule has 2 rings (SSSR count). The van der Waals surface area contributed by atoms with E-state index < -0.39 is 0 Å². The normalized spacial score (nSPS) is 15.0. The van der Waals surface area contributed by atoms with Gasteiger partial charge in [0.05, 0.1) is 13.2 Å². The molecule has 0 aliphatic carbocycles. The van der Waals surface area contributed by atoms with Crippen LogP contribution in [0.15, 0.2) is 30.3 Å². The predicted molar refractivity (Wildman–Crippen MR) is 72.0 cm³/mol. The van der Waals surface area contributed by atoms with Crippen LogP contribution in [0.1, 0.15) is 10.4 Å². The van der Waals surface area contributed by atoms with Gasteiger partial charge in [-0.05, 0) is 24.4 Å². The Bertz CT molecular complexity index is 419. The maximum atomic E-state index is 11.8. The molecule has 0 unspecified atom stereocenters. The Morgan fingerprint density at radius 3 is 2.50 bits per heavy atom. The van der Waals surface area contributed by atoms with E-state index in [4.69, 9.17) is 17.0 Å². The number of rotatable bonds is 1. The number of benzene rings is 1. The highest BCUT2D eigenvalue weighted by Crippen LogP contribution is 1.98. The number of thiocarbonyl (C=S) groups is 1. The summed E-state index contributed by atoms with van der Waals surface area (Å²) in [6.45, 7) is 2.81. The highest BCUT2D eigenvalue weighted by molar-refractivity contribution is 7.80. The van der Waals surface area contributed by atoms with Crippen LogP contribution in [0.3, 0.4) is 0 Å². The molecule has 1 heterocycles. The van der Waals surface area contributed by atoms with Gasteiger partial charge in [-0.25, -0.2) is 0 Å². The van der Waals surface area contributed by atoms with Gasteiger partial charge in [0.25, 0.3) is 5.91 Å². The molecular weight excluding hydrogens is 250 g/mol. The van der Waals surface area contributed by atoms with Crippen LogP contribution in [0.2, 0.25) is 0 Å². The molecule has 1 aliphatic heterocycles. The zero-order chi connectivity index (χ0) is 12.8. The summed E-state index contributed by atoms with van der Waals surface area (Å²) in [4.78, 5) is 13.7. The van der Waals surface area contributed by atoms with Gasteiger partial charge in [-0.2, -0.15) is 0 Å². The lowest BCUT2D eigenvalue weighted by Crippen LogP contribution is -2.51. The Labute approximate surface area is 111 Å². The summed E-state index contributed by atoms with van der Waals surface area (Å²) in [5, 5.41) is 0.516. The summed E-state index contributed by atoms with van der Waals surface area (Å²) in [5.74, 6) is -0.203. The van der Waals surface area contributed by atoms with Crippen LogP contribution in [-0.4, -0.2) is 42.2 Å². The van der Waals surface area contributed by atoms with Gasteiger partial charge in [0, 0.05) is 18.7 Å². The van der Waals surface area contributed by atoms with Gasteiger partial charge in [0.2, 0.25) is 0 Å². The lowest BCUT2D eigenvalue weighted by Gasteiger charge is -2.29. The monoisotopic (exact) mass is 265 g/mol. The van der Waals surface area contributed by atoms with Gasteiger partial charge < -0.3 is 9.64 Å². The van der Waals surface area contributed by atoms with Crippen molar-refractivity contribution in [3.63, 3.8) is 0 Å². The minimum atomic E-state index is -0.203. The number of hydrazine groups is 1. The Morgan fingerprint density at radius 1 is 1.17 bits per heavy atom. The zero-order valence-corrected chi connectivity index (χ0v) is 10.7. The van der Waals surface area contributed by atoms with Gasteiger partial charge in [-0.3, -0.25) is 15.6 Å². The smallest absolute Gasteiger partial charge is 0.269 e. The molecule has 0 saturated carbocycles. The van der Waals surface area contributed by atoms with E-state index in [1.165, 1.54) is 0 Å². The van der Waals surface area contributed by atoms with Crippen molar-refractivity contribution in [1.29, 1.82) is 0 Å². The number of ether oxygens (including phenoxy) is 1. The van der Waals surface area contributed by atoms with Crippen molar-refractivity contribution >= 4 is 23.2 Å². The average Bonchev–Trinajstić information content (AvgIpc) is 2.46. The number of nitrogens with zero attached hydrogens (tertiary/aromatic N) is 1. The number of hydrogen-bond acceptors (Lipinski definition) is 3. The Balaban J connectivity index is 1.80. The lowest BCUT2D eigenvalue weighted by atomic mass is 10.2. The van der Waals surface area contributed by atoms with Crippen LogP contribution in [0.25, 0.3) is 0 Å². The van der Waals surface area contributed by atoms with Gasteiger partial charge in [-0.15, -0.1) is 0 Å². The van der Waals surface area contributed by atoms with Gasteiger partial charge >= 0.3 is 0 Å². The molecule has 6 heteroatoms. The molecule has 0 radical (unpaired) electrons. The summed E-state index contributed by atoms with van der Waals surface area (Å²) in [5.41, 5.74) is 5.93.